The summed E-state index contributed by atoms with van der Waals surface area (Å²) >= 11 is 0. The van der Waals surface area contributed by atoms with Crippen molar-refractivity contribution in [1.82, 2.24) is 10.2 Å². The Bertz CT molecular complexity index is 433. The predicted molar refractivity (Wildman–Crippen MR) is 88.3 cm³/mol. The molecule has 1 aliphatic heterocycles. The highest BCUT2D eigenvalue weighted by Gasteiger charge is 2.26. The molecule has 1 aliphatic rings. The first kappa shape index (κ1) is 16.5. The van der Waals surface area contributed by atoms with Crippen molar-refractivity contribution in [3.63, 3.8) is 0 Å². The molecule has 1 aromatic rings. The van der Waals surface area contributed by atoms with Crippen LogP contribution in [0.2, 0.25) is 0 Å². The second-order valence-electron chi connectivity index (χ2n) is 6.58. The molecule has 1 saturated heterocycles. The van der Waals surface area contributed by atoms with Crippen LogP contribution in [0.25, 0.3) is 0 Å². The Morgan fingerprint density at radius 2 is 2.00 bits per heavy atom. The average molecular weight is 290 g/mol. The molecule has 0 radical (unpaired) electrons. The molecule has 0 amide bonds. The first-order chi connectivity index (χ1) is 10.1. The smallest absolute Gasteiger partial charge is 0.0724 e. The van der Waals surface area contributed by atoms with Crippen LogP contribution in [0.1, 0.15) is 38.3 Å². The minimum atomic E-state index is 0.375. The van der Waals surface area contributed by atoms with Gasteiger partial charge in [-0.2, -0.15) is 0 Å². The maximum atomic E-state index is 5.63. The van der Waals surface area contributed by atoms with E-state index in [2.05, 4.69) is 55.3 Å². The van der Waals surface area contributed by atoms with Crippen LogP contribution in [0.5, 0.6) is 0 Å². The van der Waals surface area contributed by atoms with Gasteiger partial charge in [-0.15, -0.1) is 0 Å². The number of methoxy groups -OCH3 is 1. The zero-order valence-electron chi connectivity index (χ0n) is 13.9. The number of hydrogen-bond donors (Lipinski definition) is 1. The Labute approximate surface area is 129 Å². The molecule has 2 atom stereocenters. The molecular formula is C18H30N2O. The Hall–Kier alpha value is -0.900. The molecule has 0 aromatic heterocycles. The SMILES string of the molecule is COC1CN(Cc2ccccc2CNC(C)C)CCC1C. The third-order valence-corrected chi connectivity index (χ3v) is 4.49. The number of rotatable bonds is 6. The fourth-order valence-corrected chi connectivity index (χ4v) is 2.99. The molecule has 118 valence electrons. The van der Waals surface area contributed by atoms with E-state index < -0.39 is 0 Å². The molecular weight excluding hydrogens is 260 g/mol. The summed E-state index contributed by atoms with van der Waals surface area (Å²) in [6, 6.07) is 9.31. The Morgan fingerprint density at radius 1 is 1.29 bits per heavy atom. The lowest BCUT2D eigenvalue weighted by Gasteiger charge is -2.36. The summed E-state index contributed by atoms with van der Waals surface area (Å²) in [4.78, 5) is 2.53. The third kappa shape index (κ3) is 4.80. The van der Waals surface area contributed by atoms with Crippen molar-refractivity contribution < 1.29 is 4.74 Å². The van der Waals surface area contributed by atoms with Crippen LogP contribution in [0.3, 0.4) is 0 Å². The van der Waals surface area contributed by atoms with Crippen molar-refractivity contribution in [3.05, 3.63) is 35.4 Å². The summed E-state index contributed by atoms with van der Waals surface area (Å²) in [5, 5.41) is 3.52. The van der Waals surface area contributed by atoms with Crippen molar-refractivity contribution in [2.45, 2.75) is 52.4 Å². The van der Waals surface area contributed by atoms with Crippen molar-refractivity contribution in [3.8, 4) is 0 Å². The summed E-state index contributed by atoms with van der Waals surface area (Å²) in [6.07, 6.45) is 1.60. The van der Waals surface area contributed by atoms with Crippen molar-refractivity contribution >= 4 is 0 Å². The van der Waals surface area contributed by atoms with Gasteiger partial charge < -0.3 is 10.1 Å². The van der Waals surface area contributed by atoms with E-state index >= 15 is 0 Å². The predicted octanol–water partition coefficient (Wildman–Crippen LogP) is 3.04. The van der Waals surface area contributed by atoms with Gasteiger partial charge in [0.25, 0.3) is 0 Å². The van der Waals surface area contributed by atoms with Gasteiger partial charge in [0.1, 0.15) is 0 Å². The molecule has 2 unspecified atom stereocenters. The molecule has 1 heterocycles. The van der Waals surface area contributed by atoms with Gasteiger partial charge in [0, 0.05) is 32.8 Å². The highest BCUT2D eigenvalue weighted by atomic mass is 16.5. The van der Waals surface area contributed by atoms with Gasteiger partial charge in [-0.05, 0) is 30.0 Å². The largest absolute Gasteiger partial charge is 0.380 e. The fraction of sp³-hybridized carbons (Fsp3) is 0.667. The Kier molecular flexibility index (Phi) is 6.22. The summed E-state index contributed by atoms with van der Waals surface area (Å²) in [5.41, 5.74) is 2.86. The second-order valence-corrected chi connectivity index (χ2v) is 6.58. The molecule has 2 rings (SSSR count). The lowest BCUT2D eigenvalue weighted by Crippen LogP contribution is -2.43. The normalized spacial score (nSPS) is 23.7. The number of hydrogen-bond acceptors (Lipinski definition) is 3. The Balaban J connectivity index is 1.99. The maximum Gasteiger partial charge on any atom is 0.0724 e. The number of piperidine rings is 1. The molecule has 0 aliphatic carbocycles. The van der Waals surface area contributed by atoms with Crippen molar-refractivity contribution in [1.29, 1.82) is 0 Å². The molecule has 0 bridgehead atoms. The number of nitrogens with one attached hydrogen (secondary N) is 1. The second kappa shape index (κ2) is 7.92. The van der Waals surface area contributed by atoms with E-state index in [1.54, 1.807) is 0 Å². The van der Waals surface area contributed by atoms with Gasteiger partial charge in [-0.3, -0.25) is 4.90 Å². The molecule has 0 spiro atoms. The van der Waals surface area contributed by atoms with Crippen LogP contribution in [0, 0.1) is 5.92 Å². The number of likely N-dealkylation sites (tertiary alicyclic amines) is 1. The molecule has 3 heteroatoms. The van der Waals surface area contributed by atoms with Gasteiger partial charge in [0.15, 0.2) is 0 Å². The number of benzene rings is 1. The average Bonchev–Trinajstić information content (AvgIpc) is 2.48. The van der Waals surface area contributed by atoms with E-state index in [0.29, 0.717) is 18.1 Å². The highest BCUT2D eigenvalue weighted by molar-refractivity contribution is 5.27. The van der Waals surface area contributed by atoms with Gasteiger partial charge in [0.2, 0.25) is 0 Å². The monoisotopic (exact) mass is 290 g/mol. The Morgan fingerprint density at radius 3 is 2.67 bits per heavy atom. The quantitative estimate of drug-likeness (QED) is 0.871. The molecule has 21 heavy (non-hydrogen) atoms. The van der Waals surface area contributed by atoms with E-state index in [1.165, 1.54) is 24.1 Å². The molecule has 1 aromatic carbocycles. The zero-order valence-corrected chi connectivity index (χ0v) is 13.9. The topological polar surface area (TPSA) is 24.5 Å². The van der Waals surface area contributed by atoms with Crippen LogP contribution in [-0.4, -0.2) is 37.2 Å². The summed E-state index contributed by atoms with van der Waals surface area (Å²) < 4.78 is 5.63. The standard InChI is InChI=1S/C18H30N2O/c1-14(2)19-11-16-7-5-6-8-17(16)12-20-10-9-15(3)18(13-20)21-4/h5-8,14-15,18-19H,9-13H2,1-4H3. The summed E-state index contributed by atoms with van der Waals surface area (Å²) in [7, 11) is 1.84. The van der Waals surface area contributed by atoms with Gasteiger partial charge in [-0.25, -0.2) is 0 Å². The minimum Gasteiger partial charge on any atom is -0.380 e. The maximum absolute atomic E-state index is 5.63. The van der Waals surface area contributed by atoms with Crippen LogP contribution in [-0.2, 0) is 17.8 Å². The summed E-state index contributed by atoms with van der Waals surface area (Å²) in [5.74, 6) is 0.670. The van der Waals surface area contributed by atoms with E-state index in [1.807, 2.05) is 7.11 Å². The highest BCUT2D eigenvalue weighted by Crippen LogP contribution is 2.22. The first-order valence-electron chi connectivity index (χ1n) is 8.15. The van der Waals surface area contributed by atoms with Crippen LogP contribution >= 0.6 is 0 Å². The van der Waals surface area contributed by atoms with Gasteiger partial charge >= 0.3 is 0 Å². The van der Waals surface area contributed by atoms with E-state index in [9.17, 15) is 0 Å². The van der Waals surface area contributed by atoms with Crippen LogP contribution < -0.4 is 5.32 Å². The number of ether oxygens (including phenoxy) is 1. The van der Waals surface area contributed by atoms with Gasteiger partial charge in [-0.1, -0.05) is 45.0 Å². The number of nitrogens with zero attached hydrogens (tertiary/aromatic N) is 1. The first-order valence-corrected chi connectivity index (χ1v) is 8.15. The van der Waals surface area contributed by atoms with Crippen molar-refractivity contribution in [2.24, 2.45) is 5.92 Å². The van der Waals surface area contributed by atoms with Crippen LogP contribution in [0.4, 0.5) is 0 Å². The molecule has 3 nitrogen and oxygen atoms in total. The van der Waals surface area contributed by atoms with E-state index in [-0.39, 0.29) is 0 Å². The third-order valence-electron chi connectivity index (χ3n) is 4.49. The summed E-state index contributed by atoms with van der Waals surface area (Å²) in [6.45, 7) is 10.9. The molecule has 1 N–H and O–H groups in total. The zero-order chi connectivity index (χ0) is 15.2. The van der Waals surface area contributed by atoms with E-state index in [0.717, 1.165) is 19.6 Å². The van der Waals surface area contributed by atoms with Crippen molar-refractivity contribution in [2.75, 3.05) is 20.2 Å². The fourth-order valence-electron chi connectivity index (χ4n) is 2.99. The molecule has 1 fully saturated rings. The lowest BCUT2D eigenvalue weighted by atomic mass is 9.95. The minimum absolute atomic E-state index is 0.375. The van der Waals surface area contributed by atoms with E-state index in [4.69, 9.17) is 4.74 Å². The molecule has 0 saturated carbocycles. The van der Waals surface area contributed by atoms with Crippen LogP contribution in [0.15, 0.2) is 24.3 Å². The lowest BCUT2D eigenvalue weighted by molar-refractivity contribution is -0.00752. The van der Waals surface area contributed by atoms with Gasteiger partial charge in [0.05, 0.1) is 6.10 Å².